The number of amides is 1. The number of para-hydroxylation sites is 2. The molecule has 1 aromatic heterocycles. The first-order valence-corrected chi connectivity index (χ1v) is 9.94. The molecule has 1 saturated heterocycles. The highest BCUT2D eigenvalue weighted by Gasteiger charge is 2.26. The van der Waals surface area contributed by atoms with Gasteiger partial charge in [-0.15, -0.1) is 0 Å². The molecule has 1 aromatic carbocycles. The van der Waals surface area contributed by atoms with Gasteiger partial charge in [0.2, 0.25) is 11.8 Å². The van der Waals surface area contributed by atoms with Crippen LogP contribution in [0.5, 0.6) is 5.88 Å². The Morgan fingerprint density at radius 2 is 1.77 bits per heavy atom. The van der Waals surface area contributed by atoms with Crippen LogP contribution in [-0.2, 0) is 4.79 Å². The SMILES string of the molecule is O=C(CC1CCCCC1)N1CCC(Oc2cnc3ccccc3n2)CC1. The van der Waals surface area contributed by atoms with Crippen LogP contribution < -0.4 is 4.74 Å². The van der Waals surface area contributed by atoms with Crippen LogP contribution in [0.25, 0.3) is 11.0 Å². The van der Waals surface area contributed by atoms with Crippen LogP contribution in [0.4, 0.5) is 0 Å². The number of benzene rings is 1. The predicted molar refractivity (Wildman–Crippen MR) is 101 cm³/mol. The summed E-state index contributed by atoms with van der Waals surface area (Å²) >= 11 is 0. The van der Waals surface area contributed by atoms with Gasteiger partial charge in [0.1, 0.15) is 6.10 Å². The van der Waals surface area contributed by atoms with E-state index in [9.17, 15) is 4.79 Å². The number of likely N-dealkylation sites (tertiary alicyclic amines) is 1. The van der Waals surface area contributed by atoms with Gasteiger partial charge in [-0.1, -0.05) is 31.4 Å². The van der Waals surface area contributed by atoms with Gasteiger partial charge in [0.25, 0.3) is 0 Å². The van der Waals surface area contributed by atoms with E-state index in [4.69, 9.17) is 4.74 Å². The van der Waals surface area contributed by atoms with Crippen LogP contribution in [0, 0.1) is 5.92 Å². The molecular formula is C21H27N3O2. The van der Waals surface area contributed by atoms with Crippen LogP contribution in [-0.4, -0.2) is 40.0 Å². The molecule has 0 spiro atoms. The first-order chi connectivity index (χ1) is 12.8. The second kappa shape index (κ2) is 8.02. The Balaban J connectivity index is 1.28. The topological polar surface area (TPSA) is 55.3 Å². The average molecular weight is 353 g/mol. The second-order valence-corrected chi connectivity index (χ2v) is 7.60. The fourth-order valence-electron chi connectivity index (χ4n) is 4.16. The lowest BCUT2D eigenvalue weighted by Crippen LogP contribution is -2.42. The van der Waals surface area contributed by atoms with Gasteiger partial charge in [-0.25, -0.2) is 9.97 Å². The number of ether oxygens (including phenoxy) is 1. The number of piperidine rings is 1. The molecule has 2 heterocycles. The molecule has 1 aliphatic carbocycles. The minimum atomic E-state index is 0.115. The third-order valence-electron chi connectivity index (χ3n) is 5.70. The van der Waals surface area contributed by atoms with Crippen LogP contribution in [0.15, 0.2) is 30.5 Å². The van der Waals surface area contributed by atoms with Gasteiger partial charge in [0.05, 0.1) is 17.2 Å². The molecule has 1 saturated carbocycles. The van der Waals surface area contributed by atoms with Crippen molar-refractivity contribution in [1.82, 2.24) is 14.9 Å². The number of carbonyl (C=O) groups excluding carboxylic acids is 1. The monoisotopic (exact) mass is 353 g/mol. The highest BCUT2D eigenvalue weighted by molar-refractivity contribution is 5.76. The van der Waals surface area contributed by atoms with Crippen molar-refractivity contribution in [2.45, 2.75) is 57.5 Å². The lowest BCUT2D eigenvalue weighted by atomic mass is 9.86. The highest BCUT2D eigenvalue weighted by Crippen LogP contribution is 2.27. The number of fused-ring (bicyclic) bond motifs is 1. The number of hydrogen-bond acceptors (Lipinski definition) is 4. The van der Waals surface area contributed by atoms with Crippen molar-refractivity contribution in [3.8, 4) is 5.88 Å². The summed E-state index contributed by atoms with van der Waals surface area (Å²) < 4.78 is 6.03. The first-order valence-electron chi connectivity index (χ1n) is 9.94. The smallest absolute Gasteiger partial charge is 0.233 e. The van der Waals surface area contributed by atoms with Gasteiger partial charge in [-0.05, 0) is 30.9 Å². The number of nitrogens with zero attached hydrogens (tertiary/aromatic N) is 3. The minimum absolute atomic E-state index is 0.115. The van der Waals surface area contributed by atoms with E-state index in [1.807, 2.05) is 29.2 Å². The van der Waals surface area contributed by atoms with Crippen molar-refractivity contribution < 1.29 is 9.53 Å². The van der Waals surface area contributed by atoms with Gasteiger partial charge in [0, 0.05) is 32.4 Å². The predicted octanol–water partition coefficient (Wildman–Crippen LogP) is 3.97. The Morgan fingerprint density at radius 3 is 2.54 bits per heavy atom. The molecule has 138 valence electrons. The molecule has 5 heteroatoms. The summed E-state index contributed by atoms with van der Waals surface area (Å²) in [5.74, 6) is 1.52. The van der Waals surface area contributed by atoms with Crippen LogP contribution in [0.1, 0.15) is 51.4 Å². The van der Waals surface area contributed by atoms with Crippen molar-refractivity contribution in [2.24, 2.45) is 5.92 Å². The molecule has 0 N–H and O–H groups in total. The van der Waals surface area contributed by atoms with E-state index in [0.29, 0.717) is 17.7 Å². The molecule has 2 fully saturated rings. The summed E-state index contributed by atoms with van der Waals surface area (Å²) in [6, 6.07) is 7.80. The summed E-state index contributed by atoms with van der Waals surface area (Å²) in [6.45, 7) is 1.58. The van der Waals surface area contributed by atoms with Crippen LogP contribution in [0.2, 0.25) is 0 Å². The average Bonchev–Trinajstić information content (AvgIpc) is 2.69. The summed E-state index contributed by atoms with van der Waals surface area (Å²) in [7, 11) is 0. The molecule has 1 amide bonds. The third-order valence-corrected chi connectivity index (χ3v) is 5.70. The third kappa shape index (κ3) is 4.14. The zero-order chi connectivity index (χ0) is 17.8. The van der Waals surface area contributed by atoms with E-state index in [2.05, 4.69) is 9.97 Å². The maximum Gasteiger partial charge on any atom is 0.233 e. The van der Waals surface area contributed by atoms with Crippen molar-refractivity contribution in [2.75, 3.05) is 13.1 Å². The molecular weight excluding hydrogens is 326 g/mol. The molecule has 4 rings (SSSR count). The molecule has 2 aliphatic rings. The van der Waals surface area contributed by atoms with Crippen molar-refractivity contribution in [3.63, 3.8) is 0 Å². The molecule has 0 radical (unpaired) electrons. The lowest BCUT2D eigenvalue weighted by Gasteiger charge is -2.33. The van der Waals surface area contributed by atoms with Gasteiger partial charge >= 0.3 is 0 Å². The lowest BCUT2D eigenvalue weighted by molar-refractivity contribution is -0.134. The van der Waals surface area contributed by atoms with E-state index < -0.39 is 0 Å². The van der Waals surface area contributed by atoms with Crippen molar-refractivity contribution in [3.05, 3.63) is 30.5 Å². The highest BCUT2D eigenvalue weighted by atomic mass is 16.5. The minimum Gasteiger partial charge on any atom is -0.473 e. The number of rotatable bonds is 4. The number of aromatic nitrogens is 2. The number of hydrogen-bond donors (Lipinski definition) is 0. The molecule has 5 nitrogen and oxygen atoms in total. The zero-order valence-electron chi connectivity index (χ0n) is 15.3. The maximum atomic E-state index is 12.5. The van der Waals surface area contributed by atoms with Gasteiger partial charge in [-0.2, -0.15) is 0 Å². The van der Waals surface area contributed by atoms with E-state index in [-0.39, 0.29) is 6.10 Å². The fourth-order valence-corrected chi connectivity index (χ4v) is 4.16. The zero-order valence-corrected chi connectivity index (χ0v) is 15.3. The molecule has 1 aliphatic heterocycles. The second-order valence-electron chi connectivity index (χ2n) is 7.60. The van der Waals surface area contributed by atoms with E-state index in [0.717, 1.165) is 43.4 Å². The van der Waals surface area contributed by atoms with Gasteiger partial charge in [0.15, 0.2) is 0 Å². The summed E-state index contributed by atoms with van der Waals surface area (Å²) in [5, 5.41) is 0. The fraction of sp³-hybridized carbons (Fsp3) is 0.571. The Hall–Kier alpha value is -2.17. The number of carbonyl (C=O) groups is 1. The summed E-state index contributed by atoms with van der Waals surface area (Å²) in [6.07, 6.45) is 10.7. The van der Waals surface area contributed by atoms with E-state index >= 15 is 0 Å². The standard InChI is InChI=1S/C21H27N3O2/c25-21(14-16-6-2-1-3-7-16)24-12-10-17(11-13-24)26-20-15-22-18-8-4-5-9-19(18)23-20/h4-5,8-9,15-17H,1-3,6-7,10-14H2. The Kier molecular flexibility index (Phi) is 5.32. The largest absolute Gasteiger partial charge is 0.473 e. The molecule has 26 heavy (non-hydrogen) atoms. The quantitative estimate of drug-likeness (QED) is 0.834. The van der Waals surface area contributed by atoms with Gasteiger partial charge < -0.3 is 9.64 Å². The Morgan fingerprint density at radius 1 is 1.04 bits per heavy atom. The van der Waals surface area contributed by atoms with Crippen LogP contribution in [0.3, 0.4) is 0 Å². The van der Waals surface area contributed by atoms with Crippen molar-refractivity contribution in [1.29, 1.82) is 0 Å². The Labute approximate surface area is 154 Å². The normalized spacial score (nSPS) is 19.6. The molecule has 2 aromatic rings. The van der Waals surface area contributed by atoms with Gasteiger partial charge in [-0.3, -0.25) is 4.79 Å². The van der Waals surface area contributed by atoms with Crippen LogP contribution >= 0.6 is 0 Å². The molecule has 0 atom stereocenters. The maximum absolute atomic E-state index is 12.5. The summed E-state index contributed by atoms with van der Waals surface area (Å²) in [5.41, 5.74) is 1.73. The van der Waals surface area contributed by atoms with E-state index in [1.54, 1.807) is 6.20 Å². The summed E-state index contributed by atoms with van der Waals surface area (Å²) in [4.78, 5) is 23.5. The molecule has 0 unspecified atom stereocenters. The molecule has 0 bridgehead atoms. The first kappa shape index (κ1) is 17.3. The Bertz CT molecular complexity index is 750. The van der Waals surface area contributed by atoms with Crippen molar-refractivity contribution >= 4 is 16.9 Å². The van der Waals surface area contributed by atoms with E-state index in [1.165, 1.54) is 32.1 Å².